The van der Waals surface area contributed by atoms with Crippen LogP contribution in [0.4, 0.5) is 0 Å². The van der Waals surface area contributed by atoms with Crippen LogP contribution in [-0.4, -0.2) is 12.2 Å². The fraction of sp³-hybridized carbons (Fsp3) is 0.529. The Kier molecular flexibility index (Phi) is 4.59. The van der Waals surface area contributed by atoms with Crippen LogP contribution in [-0.2, 0) is 10.2 Å². The van der Waals surface area contributed by atoms with Crippen LogP contribution in [0.2, 0.25) is 0 Å². The number of hydrogen-bond donors (Lipinski definition) is 0. The topological polar surface area (TPSA) is 9.23 Å². The smallest absolute Gasteiger partial charge is 0.134 e. The van der Waals surface area contributed by atoms with Gasteiger partial charge in [0.2, 0.25) is 0 Å². The van der Waals surface area contributed by atoms with Crippen molar-refractivity contribution in [2.24, 2.45) is 0 Å². The van der Waals surface area contributed by atoms with Gasteiger partial charge in [0.1, 0.15) is 5.60 Å². The van der Waals surface area contributed by atoms with Crippen molar-refractivity contribution in [2.75, 3.05) is 6.61 Å². The molecule has 0 radical (unpaired) electrons. The van der Waals surface area contributed by atoms with Gasteiger partial charge in [-0.3, -0.25) is 0 Å². The molecule has 0 heterocycles. The van der Waals surface area contributed by atoms with E-state index in [1.165, 1.54) is 11.1 Å². The van der Waals surface area contributed by atoms with Gasteiger partial charge in [0.15, 0.2) is 0 Å². The Hall–Kier alpha value is -1.26. The highest BCUT2D eigenvalue weighted by Gasteiger charge is 2.42. The van der Waals surface area contributed by atoms with Crippen molar-refractivity contribution in [2.45, 2.75) is 52.1 Å². The second-order valence-corrected chi connectivity index (χ2v) is 5.47. The van der Waals surface area contributed by atoms with E-state index in [4.69, 9.17) is 11.2 Å². The van der Waals surface area contributed by atoms with Crippen LogP contribution < -0.4 is 0 Å². The number of terminal acetylenes is 1. The van der Waals surface area contributed by atoms with E-state index in [9.17, 15) is 0 Å². The molecule has 18 heavy (non-hydrogen) atoms. The first kappa shape index (κ1) is 14.8. The SMILES string of the molecule is C#CC(C)(OCCC)C(C)(C)c1ccccc1C. The van der Waals surface area contributed by atoms with Crippen LogP contribution >= 0.6 is 0 Å². The quantitative estimate of drug-likeness (QED) is 0.709. The van der Waals surface area contributed by atoms with E-state index in [2.05, 4.69) is 57.9 Å². The molecule has 0 N–H and O–H groups in total. The number of ether oxygens (including phenoxy) is 1. The van der Waals surface area contributed by atoms with Gasteiger partial charge in [-0.25, -0.2) is 0 Å². The predicted octanol–water partition coefficient (Wildman–Crippen LogP) is 4.09. The van der Waals surface area contributed by atoms with Gasteiger partial charge in [0.25, 0.3) is 0 Å². The van der Waals surface area contributed by atoms with Crippen molar-refractivity contribution in [3.05, 3.63) is 35.4 Å². The predicted molar refractivity (Wildman–Crippen MR) is 77.7 cm³/mol. The first-order chi connectivity index (χ1) is 8.39. The number of benzene rings is 1. The maximum Gasteiger partial charge on any atom is 0.134 e. The van der Waals surface area contributed by atoms with Crippen molar-refractivity contribution in [3.63, 3.8) is 0 Å². The summed E-state index contributed by atoms with van der Waals surface area (Å²) in [6.45, 7) is 11.2. The van der Waals surface area contributed by atoms with Crippen molar-refractivity contribution >= 4 is 0 Å². The highest BCUT2D eigenvalue weighted by Crippen LogP contribution is 2.38. The Labute approximate surface area is 112 Å². The Morgan fingerprint density at radius 1 is 1.22 bits per heavy atom. The Balaban J connectivity index is 3.19. The zero-order valence-electron chi connectivity index (χ0n) is 12.2. The van der Waals surface area contributed by atoms with Crippen LogP contribution in [0, 0.1) is 19.3 Å². The maximum absolute atomic E-state index is 5.97. The summed E-state index contributed by atoms with van der Waals surface area (Å²) in [6.07, 6.45) is 6.72. The molecule has 0 fully saturated rings. The van der Waals surface area contributed by atoms with E-state index in [0.717, 1.165) is 6.42 Å². The van der Waals surface area contributed by atoms with Gasteiger partial charge in [-0.05, 0) is 31.4 Å². The van der Waals surface area contributed by atoms with Crippen LogP contribution in [0.5, 0.6) is 0 Å². The molecular formula is C17H24O. The lowest BCUT2D eigenvalue weighted by atomic mass is 9.70. The summed E-state index contributed by atoms with van der Waals surface area (Å²) < 4.78 is 5.97. The molecule has 1 nitrogen and oxygen atoms in total. The Morgan fingerprint density at radius 2 is 1.83 bits per heavy atom. The normalized spacial score (nSPS) is 14.9. The third kappa shape index (κ3) is 2.60. The van der Waals surface area contributed by atoms with Gasteiger partial charge in [-0.1, -0.05) is 51.0 Å². The molecule has 0 bridgehead atoms. The molecule has 1 atom stereocenters. The molecule has 0 saturated heterocycles. The van der Waals surface area contributed by atoms with E-state index < -0.39 is 5.60 Å². The second kappa shape index (κ2) is 5.59. The molecule has 0 amide bonds. The zero-order valence-corrected chi connectivity index (χ0v) is 12.2. The lowest BCUT2D eigenvalue weighted by Gasteiger charge is -2.41. The molecule has 0 aliphatic heterocycles. The summed E-state index contributed by atoms with van der Waals surface area (Å²) >= 11 is 0. The zero-order chi connectivity index (χ0) is 13.8. The van der Waals surface area contributed by atoms with Crippen molar-refractivity contribution < 1.29 is 4.74 Å². The van der Waals surface area contributed by atoms with Gasteiger partial charge in [-0.15, -0.1) is 6.42 Å². The van der Waals surface area contributed by atoms with Crippen LogP contribution in [0.15, 0.2) is 24.3 Å². The van der Waals surface area contributed by atoms with Gasteiger partial charge in [0.05, 0.1) is 0 Å². The van der Waals surface area contributed by atoms with Crippen LogP contribution in [0.3, 0.4) is 0 Å². The number of hydrogen-bond acceptors (Lipinski definition) is 1. The van der Waals surface area contributed by atoms with Gasteiger partial charge < -0.3 is 4.74 Å². The van der Waals surface area contributed by atoms with Crippen molar-refractivity contribution in [3.8, 4) is 12.3 Å². The average molecular weight is 244 g/mol. The molecule has 0 saturated carbocycles. The molecule has 1 heteroatoms. The molecule has 0 spiro atoms. The molecule has 0 aliphatic carbocycles. The molecule has 1 aromatic rings. The maximum atomic E-state index is 5.97. The van der Waals surface area contributed by atoms with E-state index in [0.29, 0.717) is 6.61 Å². The average Bonchev–Trinajstić information content (AvgIpc) is 2.36. The fourth-order valence-corrected chi connectivity index (χ4v) is 2.24. The fourth-order valence-electron chi connectivity index (χ4n) is 2.24. The third-order valence-corrected chi connectivity index (χ3v) is 3.88. The van der Waals surface area contributed by atoms with E-state index in [-0.39, 0.29) is 5.41 Å². The molecule has 98 valence electrons. The summed E-state index contributed by atoms with van der Waals surface area (Å²) in [7, 11) is 0. The summed E-state index contributed by atoms with van der Waals surface area (Å²) in [6, 6.07) is 8.37. The van der Waals surface area contributed by atoms with Gasteiger partial charge in [0, 0.05) is 12.0 Å². The van der Waals surface area contributed by atoms with E-state index in [1.54, 1.807) is 0 Å². The molecule has 0 aliphatic rings. The van der Waals surface area contributed by atoms with Crippen molar-refractivity contribution in [1.82, 2.24) is 0 Å². The van der Waals surface area contributed by atoms with Gasteiger partial charge in [-0.2, -0.15) is 0 Å². The minimum absolute atomic E-state index is 0.220. The van der Waals surface area contributed by atoms with Crippen molar-refractivity contribution in [1.29, 1.82) is 0 Å². The monoisotopic (exact) mass is 244 g/mol. The Bertz CT molecular complexity index is 439. The number of rotatable bonds is 5. The Morgan fingerprint density at radius 3 is 2.33 bits per heavy atom. The first-order valence-corrected chi connectivity index (χ1v) is 6.57. The molecule has 1 unspecified atom stereocenters. The first-order valence-electron chi connectivity index (χ1n) is 6.57. The second-order valence-electron chi connectivity index (χ2n) is 5.47. The summed E-state index contributed by atoms with van der Waals surface area (Å²) in [4.78, 5) is 0. The largest absolute Gasteiger partial charge is 0.362 e. The third-order valence-electron chi connectivity index (χ3n) is 3.88. The molecule has 1 rings (SSSR count). The molecule has 0 aromatic heterocycles. The minimum atomic E-state index is -0.588. The standard InChI is InChI=1S/C17H24O/c1-7-13-18-17(6,8-2)16(4,5)15-12-10-9-11-14(15)3/h2,9-12H,7,13H2,1,3-6H3. The summed E-state index contributed by atoms with van der Waals surface area (Å²) in [5.41, 5.74) is 1.70. The highest BCUT2D eigenvalue weighted by atomic mass is 16.5. The lowest BCUT2D eigenvalue weighted by molar-refractivity contribution is -0.0352. The molecular weight excluding hydrogens is 220 g/mol. The molecule has 1 aromatic carbocycles. The lowest BCUT2D eigenvalue weighted by Crippen LogP contribution is -2.47. The van der Waals surface area contributed by atoms with E-state index >= 15 is 0 Å². The van der Waals surface area contributed by atoms with E-state index in [1.807, 2.05) is 6.92 Å². The van der Waals surface area contributed by atoms with Crippen LogP contribution in [0.1, 0.15) is 45.2 Å². The summed E-state index contributed by atoms with van der Waals surface area (Å²) in [5.74, 6) is 2.86. The summed E-state index contributed by atoms with van der Waals surface area (Å²) in [5, 5.41) is 0. The highest BCUT2D eigenvalue weighted by molar-refractivity contribution is 5.38. The minimum Gasteiger partial charge on any atom is -0.362 e. The number of aryl methyl sites for hydroxylation is 1. The van der Waals surface area contributed by atoms with Gasteiger partial charge >= 0.3 is 0 Å². The van der Waals surface area contributed by atoms with Crippen LogP contribution in [0.25, 0.3) is 0 Å².